The minimum atomic E-state index is 0.369. The van der Waals surface area contributed by atoms with E-state index in [9.17, 15) is 4.79 Å². The van der Waals surface area contributed by atoms with Gasteiger partial charge in [-0.2, -0.15) is 0 Å². The minimum Gasteiger partial charge on any atom is -0.493 e. The van der Waals surface area contributed by atoms with Gasteiger partial charge in [0.05, 0.1) is 13.7 Å². The van der Waals surface area contributed by atoms with E-state index in [2.05, 4.69) is 50.8 Å². The number of nitrogens with zero attached hydrogens (tertiary/aromatic N) is 1. The molecule has 4 nitrogen and oxygen atoms in total. The zero-order valence-corrected chi connectivity index (χ0v) is 23.9. The fraction of sp³-hybridized carbons (Fsp3) is 0.727. The van der Waals surface area contributed by atoms with Crippen LogP contribution in [0.3, 0.4) is 0 Å². The molecule has 37 heavy (non-hydrogen) atoms. The smallest absolute Gasteiger partial charge is 0.161 e. The van der Waals surface area contributed by atoms with Gasteiger partial charge in [0.15, 0.2) is 17.3 Å². The van der Waals surface area contributed by atoms with Crippen molar-refractivity contribution in [3.05, 3.63) is 35.4 Å². The Morgan fingerprint density at radius 3 is 2.65 bits per heavy atom. The predicted octanol–water partition coefficient (Wildman–Crippen LogP) is 7.31. The first-order valence-electron chi connectivity index (χ1n) is 15.1. The molecule has 0 bridgehead atoms. The van der Waals surface area contributed by atoms with Crippen LogP contribution in [0.5, 0.6) is 11.5 Å². The lowest BCUT2D eigenvalue weighted by molar-refractivity contribution is -0.116. The molecule has 0 saturated heterocycles. The number of hydrogen-bond acceptors (Lipinski definition) is 4. The van der Waals surface area contributed by atoms with Crippen LogP contribution >= 0.6 is 0 Å². The standard InChI is InChI=1S/C33H49NO3/c1-6-34(7-2)21-23-8-13-30(31(19-23)36-5)37-17-15-25-9-12-29-32-22(3)18-24-20-26(35)10-11-27(24)28(32)14-16-33(25,29)4/h8,13,19-20,22,25,27-29,32H,6-7,9-12,14-18,21H2,1-5H3/t22?,25-,27?,28?,29?,32?,33?/m1/s1. The minimum absolute atomic E-state index is 0.369. The number of benzene rings is 1. The maximum absolute atomic E-state index is 12.1. The number of methoxy groups -OCH3 is 1. The third-order valence-electron chi connectivity index (χ3n) is 11.1. The first-order valence-corrected chi connectivity index (χ1v) is 15.1. The van der Waals surface area contributed by atoms with Crippen molar-refractivity contribution in [3.63, 3.8) is 0 Å². The summed E-state index contributed by atoms with van der Waals surface area (Å²) in [7, 11) is 1.75. The number of fused-ring (bicyclic) bond motifs is 5. The Morgan fingerprint density at radius 1 is 1.08 bits per heavy atom. The summed E-state index contributed by atoms with van der Waals surface area (Å²) in [5.41, 5.74) is 3.20. The Hall–Kier alpha value is -1.81. The zero-order chi connectivity index (χ0) is 26.2. The van der Waals surface area contributed by atoms with Crippen molar-refractivity contribution >= 4 is 5.78 Å². The molecule has 0 aromatic heterocycles. The average Bonchev–Trinajstić information content (AvgIpc) is 3.23. The number of allylic oxidation sites excluding steroid dienone is 1. The molecule has 1 aromatic carbocycles. The second-order valence-corrected chi connectivity index (χ2v) is 12.8. The van der Waals surface area contributed by atoms with Crippen molar-refractivity contribution in [1.29, 1.82) is 0 Å². The van der Waals surface area contributed by atoms with Gasteiger partial charge in [0.1, 0.15) is 0 Å². The average molecular weight is 508 g/mol. The summed E-state index contributed by atoms with van der Waals surface area (Å²) >= 11 is 0. The number of ether oxygens (including phenoxy) is 2. The van der Waals surface area contributed by atoms with Crippen molar-refractivity contribution in [2.24, 2.45) is 40.9 Å². The van der Waals surface area contributed by atoms with Gasteiger partial charge in [-0.25, -0.2) is 0 Å². The number of rotatable bonds is 9. The van der Waals surface area contributed by atoms with Crippen LogP contribution in [0.25, 0.3) is 0 Å². The van der Waals surface area contributed by atoms with Crippen LogP contribution in [0.15, 0.2) is 29.8 Å². The molecule has 6 unspecified atom stereocenters. The van der Waals surface area contributed by atoms with E-state index in [1.165, 1.54) is 36.8 Å². The summed E-state index contributed by atoms with van der Waals surface area (Å²) in [6, 6.07) is 6.44. The van der Waals surface area contributed by atoms with Crippen LogP contribution in [0, 0.1) is 40.9 Å². The lowest BCUT2D eigenvalue weighted by Crippen LogP contribution is -2.49. The molecule has 4 aliphatic rings. The number of ketones is 1. The second-order valence-electron chi connectivity index (χ2n) is 12.8. The highest BCUT2D eigenvalue weighted by atomic mass is 16.5. The SMILES string of the molecule is CCN(CC)Cc1ccc(OCC[C@H]2CCC3C4C(C)CC5=CC(=O)CCC5C4CCC32C)c(OC)c1. The van der Waals surface area contributed by atoms with Gasteiger partial charge in [-0.05, 0) is 123 Å². The van der Waals surface area contributed by atoms with E-state index in [4.69, 9.17) is 9.47 Å². The molecule has 204 valence electrons. The van der Waals surface area contributed by atoms with E-state index in [0.29, 0.717) is 23.0 Å². The van der Waals surface area contributed by atoms with Gasteiger partial charge >= 0.3 is 0 Å². The molecular formula is C33H49NO3. The largest absolute Gasteiger partial charge is 0.493 e. The maximum Gasteiger partial charge on any atom is 0.161 e. The fourth-order valence-electron chi connectivity index (χ4n) is 9.12. The van der Waals surface area contributed by atoms with E-state index in [-0.39, 0.29) is 0 Å². The molecule has 0 N–H and O–H groups in total. The molecule has 4 aliphatic carbocycles. The predicted molar refractivity (Wildman–Crippen MR) is 150 cm³/mol. The van der Waals surface area contributed by atoms with Crippen molar-refractivity contribution in [1.82, 2.24) is 4.90 Å². The molecule has 0 amide bonds. The third kappa shape index (κ3) is 5.12. The Kier molecular flexibility index (Phi) is 8.05. The molecule has 1 aromatic rings. The molecule has 0 radical (unpaired) electrons. The van der Waals surface area contributed by atoms with Gasteiger partial charge in [-0.1, -0.05) is 39.3 Å². The Bertz CT molecular complexity index is 997. The third-order valence-corrected chi connectivity index (χ3v) is 11.1. The molecule has 3 saturated carbocycles. The van der Waals surface area contributed by atoms with Crippen molar-refractivity contribution in [2.75, 3.05) is 26.8 Å². The van der Waals surface area contributed by atoms with Crippen LogP contribution < -0.4 is 9.47 Å². The van der Waals surface area contributed by atoms with E-state index in [1.807, 2.05) is 6.08 Å². The summed E-state index contributed by atoms with van der Waals surface area (Å²) in [4.78, 5) is 14.5. The molecule has 0 aliphatic heterocycles. The quantitative estimate of drug-likeness (QED) is 0.351. The van der Waals surface area contributed by atoms with Gasteiger partial charge in [0.2, 0.25) is 0 Å². The first kappa shape index (κ1) is 26.8. The highest BCUT2D eigenvalue weighted by molar-refractivity contribution is 5.91. The normalized spacial score (nSPS) is 35.0. The lowest BCUT2D eigenvalue weighted by atomic mass is 9.49. The van der Waals surface area contributed by atoms with Gasteiger partial charge in [0, 0.05) is 13.0 Å². The zero-order valence-electron chi connectivity index (χ0n) is 23.9. The Labute approximate surface area is 225 Å². The molecular weight excluding hydrogens is 458 g/mol. The lowest BCUT2D eigenvalue weighted by Gasteiger charge is -2.56. The highest BCUT2D eigenvalue weighted by Crippen LogP contribution is 2.65. The highest BCUT2D eigenvalue weighted by Gasteiger charge is 2.57. The fourth-order valence-corrected chi connectivity index (χ4v) is 9.12. The van der Waals surface area contributed by atoms with Crippen LogP contribution in [-0.2, 0) is 11.3 Å². The van der Waals surface area contributed by atoms with Crippen LogP contribution in [-0.4, -0.2) is 37.5 Å². The van der Waals surface area contributed by atoms with Crippen LogP contribution in [0.1, 0.15) is 84.6 Å². The summed E-state index contributed by atoms with van der Waals surface area (Å²) in [6.45, 7) is 13.3. The Balaban J connectivity index is 1.22. The van der Waals surface area contributed by atoms with Gasteiger partial charge in [0.25, 0.3) is 0 Å². The number of carbonyl (C=O) groups is 1. The molecule has 0 spiro atoms. The van der Waals surface area contributed by atoms with Gasteiger partial charge in [-0.3, -0.25) is 9.69 Å². The van der Waals surface area contributed by atoms with Crippen molar-refractivity contribution in [2.45, 2.75) is 85.6 Å². The summed E-state index contributed by atoms with van der Waals surface area (Å²) in [6.07, 6.45) is 11.6. The molecule has 5 rings (SSSR count). The van der Waals surface area contributed by atoms with Crippen molar-refractivity contribution in [3.8, 4) is 11.5 Å². The Morgan fingerprint density at radius 2 is 1.89 bits per heavy atom. The summed E-state index contributed by atoms with van der Waals surface area (Å²) in [5, 5.41) is 0. The molecule has 7 atom stereocenters. The van der Waals surface area contributed by atoms with Gasteiger partial charge < -0.3 is 9.47 Å². The maximum atomic E-state index is 12.1. The van der Waals surface area contributed by atoms with Crippen LogP contribution in [0.4, 0.5) is 0 Å². The molecule has 0 heterocycles. The summed E-state index contributed by atoms with van der Waals surface area (Å²) in [5.74, 6) is 6.69. The van der Waals surface area contributed by atoms with E-state index in [0.717, 1.165) is 87.1 Å². The van der Waals surface area contributed by atoms with E-state index < -0.39 is 0 Å². The summed E-state index contributed by atoms with van der Waals surface area (Å²) < 4.78 is 12.1. The van der Waals surface area contributed by atoms with E-state index in [1.54, 1.807) is 7.11 Å². The van der Waals surface area contributed by atoms with E-state index >= 15 is 0 Å². The van der Waals surface area contributed by atoms with Crippen LogP contribution in [0.2, 0.25) is 0 Å². The topological polar surface area (TPSA) is 38.8 Å². The second kappa shape index (κ2) is 11.1. The number of hydrogen-bond donors (Lipinski definition) is 0. The van der Waals surface area contributed by atoms with Gasteiger partial charge in [-0.15, -0.1) is 0 Å². The van der Waals surface area contributed by atoms with Crippen molar-refractivity contribution < 1.29 is 14.3 Å². The first-order chi connectivity index (χ1) is 17.9. The monoisotopic (exact) mass is 507 g/mol. The number of carbonyl (C=O) groups excluding carboxylic acids is 1. The molecule has 4 heteroatoms. The molecule has 3 fully saturated rings.